The van der Waals surface area contributed by atoms with Crippen LogP contribution in [-0.4, -0.2) is 35.8 Å². The summed E-state index contributed by atoms with van der Waals surface area (Å²) in [6.45, 7) is 2.16. The van der Waals surface area contributed by atoms with Gasteiger partial charge in [-0.25, -0.2) is 0 Å². The van der Waals surface area contributed by atoms with Gasteiger partial charge in [-0.05, 0) is 65.6 Å². The van der Waals surface area contributed by atoms with Crippen LogP contribution in [0.25, 0.3) is 0 Å². The van der Waals surface area contributed by atoms with E-state index in [9.17, 15) is 10.2 Å². The van der Waals surface area contributed by atoms with Gasteiger partial charge in [0.2, 0.25) is 6.79 Å². The number of rotatable bonds is 4. The zero-order chi connectivity index (χ0) is 20.0. The number of aliphatic hydroxyl groups excluding tert-OH is 2. The third kappa shape index (κ3) is 3.52. The Morgan fingerprint density at radius 1 is 1.07 bits per heavy atom. The summed E-state index contributed by atoms with van der Waals surface area (Å²) in [4.78, 5) is 0. The largest absolute Gasteiger partial charge is 0.454 e. The fourth-order valence-corrected chi connectivity index (χ4v) is 4.93. The molecule has 2 aliphatic heterocycles. The molecule has 1 fully saturated rings. The topological polar surface area (TPSA) is 68.2 Å². The monoisotopic (exact) mass is 396 g/mol. The van der Waals surface area contributed by atoms with Gasteiger partial charge in [-0.3, -0.25) is 0 Å². The van der Waals surface area contributed by atoms with Crippen LogP contribution in [0.2, 0.25) is 0 Å². The quantitative estimate of drug-likeness (QED) is 0.830. The highest BCUT2D eigenvalue weighted by Gasteiger charge is 2.35. The van der Waals surface area contributed by atoms with Gasteiger partial charge >= 0.3 is 0 Å². The van der Waals surface area contributed by atoms with Gasteiger partial charge in [0.15, 0.2) is 11.5 Å². The van der Waals surface area contributed by atoms with Crippen molar-refractivity contribution in [2.24, 2.45) is 5.92 Å². The lowest BCUT2D eigenvalue weighted by Crippen LogP contribution is -2.41. The van der Waals surface area contributed by atoms with E-state index in [1.807, 2.05) is 13.0 Å². The molecule has 4 atom stereocenters. The molecule has 0 saturated carbocycles. The van der Waals surface area contributed by atoms with Crippen LogP contribution in [0.15, 0.2) is 30.3 Å². The number of hydrogen-bond donors (Lipinski definition) is 2. The van der Waals surface area contributed by atoms with Crippen molar-refractivity contribution in [3.05, 3.63) is 58.1 Å². The molecule has 0 spiro atoms. The molecule has 29 heavy (non-hydrogen) atoms. The second-order valence-corrected chi connectivity index (χ2v) is 8.54. The highest BCUT2D eigenvalue weighted by molar-refractivity contribution is 5.49. The van der Waals surface area contributed by atoms with E-state index >= 15 is 0 Å². The smallest absolute Gasteiger partial charge is 0.231 e. The maximum Gasteiger partial charge on any atom is 0.231 e. The van der Waals surface area contributed by atoms with E-state index < -0.39 is 6.10 Å². The maximum absolute atomic E-state index is 10.5. The van der Waals surface area contributed by atoms with Gasteiger partial charge in [0.1, 0.15) is 0 Å². The molecule has 2 aromatic carbocycles. The molecule has 0 bridgehead atoms. The molecule has 2 aromatic rings. The highest BCUT2D eigenvalue weighted by Crippen LogP contribution is 2.39. The molecule has 154 valence electrons. The zero-order valence-electron chi connectivity index (χ0n) is 16.8. The summed E-state index contributed by atoms with van der Waals surface area (Å²) < 4.78 is 17.2. The Hall–Kier alpha value is -2.08. The summed E-state index contributed by atoms with van der Waals surface area (Å²) in [7, 11) is 0. The number of ether oxygens (including phenoxy) is 3. The Kier molecular flexibility index (Phi) is 4.98. The Morgan fingerprint density at radius 2 is 1.93 bits per heavy atom. The average molecular weight is 396 g/mol. The van der Waals surface area contributed by atoms with Crippen molar-refractivity contribution in [2.75, 3.05) is 13.4 Å². The lowest BCUT2D eigenvalue weighted by molar-refractivity contribution is -0.147. The van der Waals surface area contributed by atoms with Gasteiger partial charge in [-0.1, -0.05) is 25.1 Å². The minimum atomic E-state index is -0.462. The van der Waals surface area contributed by atoms with Crippen LogP contribution in [-0.2, 0) is 24.0 Å². The van der Waals surface area contributed by atoms with E-state index in [1.54, 1.807) is 0 Å². The van der Waals surface area contributed by atoms with Crippen molar-refractivity contribution >= 4 is 0 Å². The summed E-state index contributed by atoms with van der Waals surface area (Å²) >= 11 is 0. The minimum Gasteiger partial charge on any atom is -0.454 e. The number of benzene rings is 2. The van der Waals surface area contributed by atoms with Gasteiger partial charge < -0.3 is 24.4 Å². The Morgan fingerprint density at radius 3 is 2.79 bits per heavy atom. The fourth-order valence-electron chi connectivity index (χ4n) is 4.93. The predicted octanol–water partition coefficient (Wildman–Crippen LogP) is 3.31. The molecular formula is C24H28O5. The SMILES string of the molecule is CC1C(O)CC(c2cc3c(c(Cc4ccc5c(c4)OCO5)c2)CCC3)OC1CO. The summed E-state index contributed by atoms with van der Waals surface area (Å²) in [6, 6.07) is 10.7. The molecule has 0 radical (unpaired) electrons. The highest BCUT2D eigenvalue weighted by atomic mass is 16.7. The Bertz CT molecular complexity index is 908. The second kappa shape index (κ2) is 7.63. The van der Waals surface area contributed by atoms with E-state index in [-0.39, 0.29) is 31.5 Å². The molecule has 5 nitrogen and oxygen atoms in total. The first-order valence-corrected chi connectivity index (χ1v) is 10.6. The third-order valence-electron chi connectivity index (χ3n) is 6.70. The second-order valence-electron chi connectivity index (χ2n) is 8.54. The minimum absolute atomic E-state index is 0.0567. The van der Waals surface area contributed by atoms with Crippen LogP contribution in [0.3, 0.4) is 0 Å². The first-order valence-electron chi connectivity index (χ1n) is 10.6. The summed E-state index contributed by atoms with van der Waals surface area (Å²) in [5, 5.41) is 20.1. The molecule has 1 saturated heterocycles. The van der Waals surface area contributed by atoms with Gasteiger partial charge in [0, 0.05) is 12.3 Å². The lowest BCUT2D eigenvalue weighted by atomic mass is 9.86. The van der Waals surface area contributed by atoms with Crippen molar-refractivity contribution in [1.82, 2.24) is 0 Å². The van der Waals surface area contributed by atoms with Crippen LogP contribution >= 0.6 is 0 Å². The van der Waals surface area contributed by atoms with Gasteiger partial charge in [0.25, 0.3) is 0 Å². The molecule has 3 aliphatic rings. The van der Waals surface area contributed by atoms with E-state index in [1.165, 1.54) is 28.7 Å². The fraction of sp³-hybridized carbons (Fsp3) is 0.500. The van der Waals surface area contributed by atoms with Crippen LogP contribution in [0.5, 0.6) is 11.5 Å². The molecule has 5 rings (SSSR count). The average Bonchev–Trinajstić information content (AvgIpc) is 3.38. The van der Waals surface area contributed by atoms with Gasteiger partial charge in [0.05, 0.1) is 24.9 Å². The van der Waals surface area contributed by atoms with Crippen molar-refractivity contribution in [2.45, 2.75) is 57.3 Å². The lowest BCUT2D eigenvalue weighted by Gasteiger charge is -2.38. The number of fused-ring (bicyclic) bond motifs is 2. The number of hydrogen-bond acceptors (Lipinski definition) is 5. The van der Waals surface area contributed by atoms with Crippen molar-refractivity contribution in [3.8, 4) is 11.5 Å². The van der Waals surface area contributed by atoms with Crippen LogP contribution in [0, 0.1) is 5.92 Å². The van der Waals surface area contributed by atoms with Crippen molar-refractivity contribution < 1.29 is 24.4 Å². The van der Waals surface area contributed by atoms with Crippen LogP contribution in [0.1, 0.15) is 53.7 Å². The Balaban J connectivity index is 1.46. The summed E-state index contributed by atoms with van der Waals surface area (Å²) in [5.74, 6) is 1.56. The molecule has 5 heteroatoms. The molecule has 2 N–H and O–H groups in total. The van der Waals surface area contributed by atoms with Crippen LogP contribution < -0.4 is 9.47 Å². The van der Waals surface area contributed by atoms with Crippen LogP contribution in [0.4, 0.5) is 0 Å². The molecule has 1 aliphatic carbocycles. The first-order chi connectivity index (χ1) is 14.1. The van der Waals surface area contributed by atoms with E-state index in [0.29, 0.717) is 6.42 Å². The maximum atomic E-state index is 10.5. The molecular weight excluding hydrogens is 368 g/mol. The standard InChI is InChI=1S/C24H28O5/c1-14-20(26)11-22(29-24(14)12-25)18-9-16-3-2-4-19(16)17(10-18)7-15-5-6-21-23(8-15)28-13-27-21/h5-6,8-10,14,20,22,24-26H,2-4,7,11-13H2,1H3. The summed E-state index contributed by atoms with van der Waals surface area (Å²) in [6.07, 6.45) is 3.82. The van der Waals surface area contributed by atoms with E-state index in [4.69, 9.17) is 14.2 Å². The zero-order valence-corrected chi connectivity index (χ0v) is 16.8. The predicted molar refractivity (Wildman–Crippen MR) is 108 cm³/mol. The molecule has 0 amide bonds. The first kappa shape index (κ1) is 18.9. The molecule has 0 aromatic heterocycles. The third-order valence-corrected chi connectivity index (χ3v) is 6.70. The summed E-state index contributed by atoms with van der Waals surface area (Å²) in [5.41, 5.74) is 6.49. The number of aryl methyl sites for hydroxylation is 1. The number of aliphatic hydroxyl groups is 2. The molecule has 2 heterocycles. The van der Waals surface area contributed by atoms with E-state index in [2.05, 4.69) is 24.3 Å². The van der Waals surface area contributed by atoms with Gasteiger partial charge in [-0.15, -0.1) is 0 Å². The van der Waals surface area contributed by atoms with Crippen molar-refractivity contribution in [3.63, 3.8) is 0 Å². The van der Waals surface area contributed by atoms with Gasteiger partial charge in [-0.2, -0.15) is 0 Å². The molecule has 4 unspecified atom stereocenters. The van der Waals surface area contributed by atoms with E-state index in [0.717, 1.165) is 36.3 Å². The van der Waals surface area contributed by atoms with Crippen molar-refractivity contribution in [1.29, 1.82) is 0 Å². The Labute approximate surface area is 171 Å². The normalized spacial score (nSPS) is 27.8.